The van der Waals surface area contributed by atoms with Crippen molar-refractivity contribution in [1.82, 2.24) is 16.1 Å². The number of nitro groups is 1. The van der Waals surface area contributed by atoms with Crippen LogP contribution in [0.5, 0.6) is 11.5 Å². The molecule has 14 nitrogen and oxygen atoms in total. The SMILES string of the molecule is CCOc1cc([C@H]2NC(=O)NC(C)=C2C(=O)OC)ccc1OC[C@H](O)N/N=C/c1ccc(-c2ccc([N+](=O)[O-])cc2)o1. The number of carbonyl (C=O) groups is 2. The van der Waals surface area contributed by atoms with Crippen molar-refractivity contribution in [2.75, 3.05) is 20.3 Å². The summed E-state index contributed by atoms with van der Waals surface area (Å²) in [5.41, 5.74) is 4.36. The molecule has 0 radical (unpaired) electrons. The Hall–Kier alpha value is -5.37. The van der Waals surface area contributed by atoms with E-state index in [1.165, 1.54) is 25.5 Å². The van der Waals surface area contributed by atoms with Crippen molar-refractivity contribution in [3.63, 3.8) is 0 Å². The molecule has 220 valence electrons. The number of allylic oxidation sites excluding steroid dienone is 1. The van der Waals surface area contributed by atoms with Gasteiger partial charge in [0.05, 0.1) is 36.5 Å². The van der Waals surface area contributed by atoms with Gasteiger partial charge in [-0.25, -0.2) is 9.59 Å². The Balaban J connectivity index is 1.38. The van der Waals surface area contributed by atoms with Crippen LogP contribution in [0, 0.1) is 10.1 Å². The van der Waals surface area contributed by atoms with Crippen molar-refractivity contribution in [1.29, 1.82) is 0 Å². The van der Waals surface area contributed by atoms with E-state index in [0.29, 0.717) is 46.5 Å². The Morgan fingerprint density at radius 2 is 1.95 bits per heavy atom. The molecule has 1 aliphatic heterocycles. The number of hydrogen-bond acceptors (Lipinski definition) is 11. The zero-order valence-electron chi connectivity index (χ0n) is 23.0. The Morgan fingerprint density at radius 1 is 1.19 bits per heavy atom. The van der Waals surface area contributed by atoms with Crippen LogP contribution in [0.2, 0.25) is 0 Å². The highest BCUT2D eigenvalue weighted by Gasteiger charge is 2.32. The molecule has 2 aromatic carbocycles. The maximum Gasteiger partial charge on any atom is 0.337 e. The van der Waals surface area contributed by atoms with E-state index in [4.69, 9.17) is 18.6 Å². The number of esters is 1. The van der Waals surface area contributed by atoms with E-state index in [2.05, 4.69) is 21.2 Å². The van der Waals surface area contributed by atoms with Crippen molar-refractivity contribution in [3.05, 3.63) is 87.3 Å². The van der Waals surface area contributed by atoms with E-state index in [0.717, 1.165) is 0 Å². The number of aliphatic hydroxyl groups is 1. The van der Waals surface area contributed by atoms with Gasteiger partial charge in [-0.1, -0.05) is 6.07 Å². The molecule has 0 bridgehead atoms. The van der Waals surface area contributed by atoms with Crippen LogP contribution in [-0.2, 0) is 9.53 Å². The number of hydrazone groups is 1. The van der Waals surface area contributed by atoms with Crippen molar-refractivity contribution in [2.45, 2.75) is 26.1 Å². The van der Waals surface area contributed by atoms with Crippen LogP contribution in [0.15, 0.2) is 75.4 Å². The lowest BCUT2D eigenvalue weighted by Crippen LogP contribution is -2.45. The molecule has 0 saturated carbocycles. The molecule has 3 aromatic rings. The number of hydrogen-bond donors (Lipinski definition) is 4. The third kappa shape index (κ3) is 7.03. The van der Waals surface area contributed by atoms with Gasteiger partial charge in [-0.15, -0.1) is 0 Å². The molecule has 0 fully saturated rings. The summed E-state index contributed by atoms with van der Waals surface area (Å²) in [6.45, 7) is 3.52. The normalized spacial score (nSPS) is 15.5. The first kappa shape index (κ1) is 29.6. The number of rotatable bonds is 12. The Kier molecular flexibility index (Phi) is 9.39. The smallest absolute Gasteiger partial charge is 0.337 e. The molecule has 42 heavy (non-hydrogen) atoms. The Bertz CT molecular complexity index is 1510. The van der Waals surface area contributed by atoms with Crippen LogP contribution < -0.4 is 25.5 Å². The molecule has 1 aliphatic rings. The second-order valence-electron chi connectivity index (χ2n) is 8.92. The zero-order valence-corrected chi connectivity index (χ0v) is 23.0. The highest BCUT2D eigenvalue weighted by Crippen LogP contribution is 2.35. The van der Waals surface area contributed by atoms with Crippen LogP contribution in [0.4, 0.5) is 10.5 Å². The number of nitrogens with zero attached hydrogens (tertiary/aromatic N) is 2. The number of nitrogens with one attached hydrogen (secondary N) is 3. The molecule has 0 aliphatic carbocycles. The topological polar surface area (TPSA) is 187 Å². The Labute approximate surface area is 240 Å². The maximum atomic E-state index is 12.4. The average Bonchev–Trinajstić information content (AvgIpc) is 3.45. The van der Waals surface area contributed by atoms with Crippen molar-refractivity contribution in [3.8, 4) is 22.8 Å². The zero-order chi connectivity index (χ0) is 30.2. The number of urea groups is 1. The number of carbonyl (C=O) groups excluding carboxylic acids is 2. The monoisotopic (exact) mass is 579 g/mol. The number of methoxy groups -OCH3 is 1. The van der Waals surface area contributed by atoms with Crippen LogP contribution in [-0.4, -0.2) is 54.8 Å². The fourth-order valence-electron chi connectivity index (χ4n) is 4.13. The minimum Gasteiger partial charge on any atom is -0.490 e. The van der Waals surface area contributed by atoms with Crippen LogP contribution >= 0.6 is 0 Å². The van der Waals surface area contributed by atoms with E-state index in [9.17, 15) is 24.8 Å². The summed E-state index contributed by atoms with van der Waals surface area (Å²) in [6, 6.07) is 13.0. The molecule has 2 atom stereocenters. The lowest BCUT2D eigenvalue weighted by atomic mass is 9.95. The third-order valence-electron chi connectivity index (χ3n) is 6.08. The number of benzene rings is 2. The molecular weight excluding hydrogens is 550 g/mol. The highest BCUT2D eigenvalue weighted by molar-refractivity contribution is 5.95. The third-order valence-corrected chi connectivity index (χ3v) is 6.08. The molecule has 0 saturated heterocycles. The first-order valence-electron chi connectivity index (χ1n) is 12.8. The van der Waals surface area contributed by atoms with E-state index < -0.39 is 29.2 Å². The predicted molar refractivity (Wildman–Crippen MR) is 150 cm³/mol. The molecule has 2 amide bonds. The summed E-state index contributed by atoms with van der Waals surface area (Å²) >= 11 is 0. The minimum absolute atomic E-state index is 0.0213. The molecule has 14 heteroatoms. The van der Waals surface area contributed by atoms with Gasteiger partial charge in [0, 0.05) is 23.4 Å². The first-order valence-corrected chi connectivity index (χ1v) is 12.8. The minimum atomic E-state index is -1.19. The maximum absolute atomic E-state index is 12.4. The summed E-state index contributed by atoms with van der Waals surface area (Å²) in [6.07, 6.45) is 0.167. The largest absolute Gasteiger partial charge is 0.490 e. The fraction of sp³-hybridized carbons (Fsp3) is 0.250. The van der Waals surface area contributed by atoms with Gasteiger partial charge in [-0.3, -0.25) is 15.5 Å². The Morgan fingerprint density at radius 3 is 2.64 bits per heavy atom. The second kappa shape index (κ2) is 13.3. The van der Waals surface area contributed by atoms with Crippen LogP contribution in [0.1, 0.15) is 31.2 Å². The van der Waals surface area contributed by atoms with Crippen LogP contribution in [0.25, 0.3) is 11.3 Å². The van der Waals surface area contributed by atoms with E-state index in [-0.39, 0.29) is 17.9 Å². The average molecular weight is 580 g/mol. The lowest BCUT2D eigenvalue weighted by Gasteiger charge is -2.28. The molecular formula is C28H29N5O9. The quantitative estimate of drug-likeness (QED) is 0.0814. The first-order chi connectivity index (χ1) is 20.2. The number of amides is 2. The summed E-state index contributed by atoms with van der Waals surface area (Å²) in [5.74, 6) is 0.962. The van der Waals surface area contributed by atoms with E-state index >= 15 is 0 Å². The molecule has 0 unspecified atom stereocenters. The standard InChI is InChI=1S/C28H29N5O9/c1-4-40-23-13-18(26-25(27(35)39-3)16(2)30-28(36)31-26)7-11-22(23)41-15-24(34)32-29-14-20-10-12-21(42-20)17-5-8-19(9-6-17)33(37)38/h5-14,24,26,32,34H,4,15H2,1-3H3,(H2,30,31,36)/b29-14+/t24-,26+/m0/s1. The number of aliphatic hydroxyl groups excluding tert-OH is 1. The van der Waals surface area contributed by atoms with Gasteiger partial charge in [0.15, 0.2) is 17.7 Å². The molecule has 4 N–H and O–H groups in total. The number of ether oxygens (including phenoxy) is 3. The van der Waals surface area contributed by atoms with Gasteiger partial charge in [0.2, 0.25) is 0 Å². The number of non-ortho nitro benzene ring substituents is 1. The molecule has 4 rings (SSSR count). The van der Waals surface area contributed by atoms with Crippen LogP contribution in [0.3, 0.4) is 0 Å². The summed E-state index contributed by atoms with van der Waals surface area (Å²) in [5, 5.41) is 30.4. The highest BCUT2D eigenvalue weighted by atomic mass is 16.6. The summed E-state index contributed by atoms with van der Waals surface area (Å²) < 4.78 is 22.0. The molecule has 2 heterocycles. The number of nitro benzene ring substituents is 1. The predicted octanol–water partition coefficient (Wildman–Crippen LogP) is 3.38. The number of furan rings is 1. The second-order valence-corrected chi connectivity index (χ2v) is 8.92. The lowest BCUT2D eigenvalue weighted by molar-refractivity contribution is -0.384. The van der Waals surface area contributed by atoms with Gasteiger partial charge < -0.3 is 34.4 Å². The molecule has 1 aromatic heterocycles. The van der Waals surface area contributed by atoms with Gasteiger partial charge in [0.25, 0.3) is 5.69 Å². The van der Waals surface area contributed by atoms with Crippen molar-refractivity contribution < 1.29 is 38.2 Å². The van der Waals surface area contributed by atoms with Gasteiger partial charge in [-0.2, -0.15) is 5.10 Å². The van der Waals surface area contributed by atoms with Crippen molar-refractivity contribution >= 4 is 23.9 Å². The fourth-order valence-corrected chi connectivity index (χ4v) is 4.13. The van der Waals surface area contributed by atoms with E-state index in [1.54, 1.807) is 56.3 Å². The van der Waals surface area contributed by atoms with Gasteiger partial charge in [-0.05, 0) is 55.8 Å². The summed E-state index contributed by atoms with van der Waals surface area (Å²) in [4.78, 5) is 34.9. The molecule has 0 spiro atoms. The van der Waals surface area contributed by atoms with Gasteiger partial charge in [0.1, 0.15) is 18.1 Å². The van der Waals surface area contributed by atoms with E-state index in [1.807, 2.05) is 0 Å². The van der Waals surface area contributed by atoms with Crippen molar-refractivity contribution in [2.24, 2.45) is 5.10 Å². The summed E-state index contributed by atoms with van der Waals surface area (Å²) in [7, 11) is 1.26. The van der Waals surface area contributed by atoms with Gasteiger partial charge >= 0.3 is 12.0 Å².